The van der Waals surface area contributed by atoms with Crippen LogP contribution in [0.4, 0.5) is 5.69 Å². The number of hydrogen-bond acceptors (Lipinski definition) is 3. The number of hydrogen-bond donors (Lipinski definition) is 1. The first-order valence-corrected chi connectivity index (χ1v) is 7.41. The number of carbonyl (C=O) groups is 1. The first-order valence-electron chi connectivity index (χ1n) is 6.66. The van der Waals surface area contributed by atoms with E-state index in [1.54, 1.807) is 0 Å². The molecule has 0 saturated heterocycles. The Balaban J connectivity index is 2.38. The Bertz CT molecular complexity index is 674. The molecular formula is C15H15Cl2N3O. The van der Waals surface area contributed by atoms with Crippen molar-refractivity contribution in [2.75, 3.05) is 5.32 Å². The highest BCUT2D eigenvalue weighted by Gasteiger charge is 2.15. The standard InChI is InChI=1S/C15H15Cl2N3O/c1-3-9-5-6-11(16)10(4-2)14(9)20-15(21)12-7-18-8-13(17)19-12/h5-8H,3-4H2,1-2H3,(H,20,21). The lowest BCUT2D eigenvalue weighted by Gasteiger charge is -2.15. The van der Waals surface area contributed by atoms with E-state index >= 15 is 0 Å². The van der Waals surface area contributed by atoms with Gasteiger partial charge in [-0.05, 0) is 30.0 Å². The lowest BCUT2D eigenvalue weighted by atomic mass is 10.0. The van der Waals surface area contributed by atoms with Gasteiger partial charge in [-0.3, -0.25) is 9.78 Å². The Morgan fingerprint density at radius 1 is 1.19 bits per heavy atom. The number of aryl methyl sites for hydroxylation is 1. The van der Waals surface area contributed by atoms with Crippen molar-refractivity contribution >= 4 is 34.8 Å². The van der Waals surface area contributed by atoms with E-state index in [1.807, 2.05) is 26.0 Å². The normalized spacial score (nSPS) is 10.5. The number of nitrogens with zero attached hydrogens (tertiary/aromatic N) is 2. The highest BCUT2D eigenvalue weighted by Crippen LogP contribution is 2.29. The Hall–Kier alpha value is -1.65. The third-order valence-corrected chi connectivity index (χ3v) is 3.69. The molecule has 0 aliphatic carbocycles. The lowest BCUT2D eigenvalue weighted by Crippen LogP contribution is -2.16. The van der Waals surface area contributed by atoms with Crippen LogP contribution in [0, 0.1) is 0 Å². The van der Waals surface area contributed by atoms with Crippen molar-refractivity contribution in [3.05, 3.63) is 51.5 Å². The van der Waals surface area contributed by atoms with Crippen LogP contribution in [-0.4, -0.2) is 15.9 Å². The minimum Gasteiger partial charge on any atom is -0.320 e. The second-order valence-electron chi connectivity index (χ2n) is 4.45. The molecule has 1 N–H and O–H groups in total. The fraction of sp³-hybridized carbons (Fsp3) is 0.267. The van der Waals surface area contributed by atoms with Crippen molar-refractivity contribution in [1.29, 1.82) is 0 Å². The van der Waals surface area contributed by atoms with Crippen molar-refractivity contribution < 1.29 is 4.79 Å². The van der Waals surface area contributed by atoms with Crippen LogP contribution in [0.1, 0.15) is 35.5 Å². The summed E-state index contributed by atoms with van der Waals surface area (Å²) in [6.07, 6.45) is 4.28. The average molecular weight is 324 g/mol. The summed E-state index contributed by atoms with van der Waals surface area (Å²) >= 11 is 12.0. The zero-order valence-electron chi connectivity index (χ0n) is 11.8. The molecule has 0 unspecified atom stereocenters. The Labute approximate surface area is 133 Å². The number of halogens is 2. The van der Waals surface area contributed by atoms with E-state index in [0.717, 1.165) is 29.7 Å². The van der Waals surface area contributed by atoms with Gasteiger partial charge in [-0.15, -0.1) is 0 Å². The van der Waals surface area contributed by atoms with Crippen LogP contribution in [0.2, 0.25) is 10.2 Å². The molecule has 1 amide bonds. The van der Waals surface area contributed by atoms with Gasteiger partial charge in [0, 0.05) is 10.7 Å². The topological polar surface area (TPSA) is 54.9 Å². The lowest BCUT2D eigenvalue weighted by molar-refractivity contribution is 0.102. The van der Waals surface area contributed by atoms with Crippen molar-refractivity contribution in [3.8, 4) is 0 Å². The molecule has 0 aliphatic heterocycles. The van der Waals surface area contributed by atoms with Crippen molar-refractivity contribution in [2.24, 2.45) is 0 Å². The molecule has 4 nitrogen and oxygen atoms in total. The van der Waals surface area contributed by atoms with Crippen LogP contribution in [0.15, 0.2) is 24.5 Å². The number of carbonyl (C=O) groups excluding carboxylic acids is 1. The highest BCUT2D eigenvalue weighted by molar-refractivity contribution is 6.32. The third kappa shape index (κ3) is 3.52. The molecule has 1 aromatic carbocycles. The summed E-state index contributed by atoms with van der Waals surface area (Å²) < 4.78 is 0. The maximum absolute atomic E-state index is 12.3. The zero-order chi connectivity index (χ0) is 15.4. The van der Waals surface area contributed by atoms with E-state index in [4.69, 9.17) is 23.2 Å². The van der Waals surface area contributed by atoms with Gasteiger partial charge in [-0.2, -0.15) is 0 Å². The maximum atomic E-state index is 12.3. The summed E-state index contributed by atoms with van der Waals surface area (Å²) in [5, 5.41) is 3.70. The molecule has 2 aromatic rings. The minimum atomic E-state index is -0.350. The first kappa shape index (κ1) is 15.7. The van der Waals surface area contributed by atoms with Crippen LogP contribution in [0.25, 0.3) is 0 Å². The molecule has 21 heavy (non-hydrogen) atoms. The minimum absolute atomic E-state index is 0.173. The number of benzene rings is 1. The van der Waals surface area contributed by atoms with Gasteiger partial charge in [-0.25, -0.2) is 4.98 Å². The summed E-state index contributed by atoms with van der Waals surface area (Å²) in [5.41, 5.74) is 2.87. The van der Waals surface area contributed by atoms with Crippen LogP contribution in [0.5, 0.6) is 0 Å². The van der Waals surface area contributed by atoms with Gasteiger partial charge in [0.05, 0.1) is 12.4 Å². The van der Waals surface area contributed by atoms with Crippen LogP contribution in [-0.2, 0) is 12.8 Å². The predicted molar refractivity (Wildman–Crippen MR) is 85.2 cm³/mol. The largest absolute Gasteiger partial charge is 0.320 e. The van der Waals surface area contributed by atoms with Crippen LogP contribution < -0.4 is 5.32 Å². The van der Waals surface area contributed by atoms with Crippen LogP contribution >= 0.6 is 23.2 Å². The first-order chi connectivity index (χ1) is 10.1. The molecule has 0 aliphatic rings. The molecule has 0 saturated carbocycles. The second kappa shape index (κ2) is 6.87. The van der Waals surface area contributed by atoms with E-state index < -0.39 is 0 Å². The average Bonchev–Trinajstić information content (AvgIpc) is 2.47. The second-order valence-corrected chi connectivity index (χ2v) is 5.24. The summed E-state index contributed by atoms with van der Waals surface area (Å²) in [5.74, 6) is -0.350. The summed E-state index contributed by atoms with van der Waals surface area (Å²) in [7, 11) is 0. The maximum Gasteiger partial charge on any atom is 0.275 e. The molecule has 1 heterocycles. The summed E-state index contributed by atoms with van der Waals surface area (Å²) in [6.45, 7) is 4.02. The van der Waals surface area contributed by atoms with E-state index in [-0.39, 0.29) is 16.8 Å². The SMILES string of the molecule is CCc1ccc(Cl)c(CC)c1NC(=O)c1cncc(Cl)n1. The van der Waals surface area contributed by atoms with E-state index in [0.29, 0.717) is 5.02 Å². The van der Waals surface area contributed by atoms with E-state index in [9.17, 15) is 4.79 Å². The number of anilines is 1. The number of aromatic nitrogens is 2. The van der Waals surface area contributed by atoms with E-state index in [1.165, 1.54) is 12.4 Å². The molecule has 0 atom stereocenters. The van der Waals surface area contributed by atoms with Gasteiger partial charge in [-0.1, -0.05) is 43.1 Å². The number of rotatable bonds is 4. The Kier molecular flexibility index (Phi) is 5.15. The summed E-state index contributed by atoms with van der Waals surface area (Å²) in [4.78, 5) is 20.1. The quantitative estimate of drug-likeness (QED) is 0.919. The van der Waals surface area contributed by atoms with Gasteiger partial charge in [0.1, 0.15) is 10.8 Å². The van der Waals surface area contributed by atoms with E-state index in [2.05, 4.69) is 15.3 Å². The van der Waals surface area contributed by atoms with Crippen molar-refractivity contribution in [3.63, 3.8) is 0 Å². The molecule has 0 spiro atoms. The third-order valence-electron chi connectivity index (χ3n) is 3.15. The van der Waals surface area contributed by atoms with Gasteiger partial charge in [0.25, 0.3) is 5.91 Å². The highest BCUT2D eigenvalue weighted by atomic mass is 35.5. The predicted octanol–water partition coefficient (Wildman–Crippen LogP) is 4.16. The van der Waals surface area contributed by atoms with Gasteiger partial charge in [0.2, 0.25) is 0 Å². The van der Waals surface area contributed by atoms with Gasteiger partial charge >= 0.3 is 0 Å². The van der Waals surface area contributed by atoms with Gasteiger partial charge in [0.15, 0.2) is 0 Å². The molecule has 1 aromatic heterocycles. The Morgan fingerprint density at radius 2 is 1.95 bits per heavy atom. The van der Waals surface area contributed by atoms with Gasteiger partial charge < -0.3 is 5.32 Å². The Morgan fingerprint density at radius 3 is 2.57 bits per heavy atom. The number of nitrogens with one attached hydrogen (secondary N) is 1. The molecule has 0 radical (unpaired) electrons. The molecule has 2 rings (SSSR count). The fourth-order valence-electron chi connectivity index (χ4n) is 2.10. The molecule has 6 heteroatoms. The fourth-order valence-corrected chi connectivity index (χ4v) is 2.53. The number of amides is 1. The molecule has 0 fully saturated rings. The molecule has 110 valence electrons. The summed E-state index contributed by atoms with van der Waals surface area (Å²) in [6, 6.07) is 3.77. The molecular weight excluding hydrogens is 309 g/mol. The van der Waals surface area contributed by atoms with Crippen molar-refractivity contribution in [2.45, 2.75) is 26.7 Å². The smallest absolute Gasteiger partial charge is 0.275 e. The monoisotopic (exact) mass is 323 g/mol. The van der Waals surface area contributed by atoms with Crippen LogP contribution in [0.3, 0.4) is 0 Å². The van der Waals surface area contributed by atoms with Crippen molar-refractivity contribution in [1.82, 2.24) is 9.97 Å². The molecule has 0 bridgehead atoms. The zero-order valence-corrected chi connectivity index (χ0v) is 13.3.